The minimum absolute atomic E-state index is 0. The summed E-state index contributed by atoms with van der Waals surface area (Å²) in [5.41, 5.74) is -0.671. The van der Waals surface area contributed by atoms with E-state index in [4.69, 9.17) is 4.52 Å². The van der Waals surface area contributed by atoms with Gasteiger partial charge in [-0.3, -0.25) is 9.48 Å². The summed E-state index contributed by atoms with van der Waals surface area (Å²) in [4.78, 5) is 17.8. The van der Waals surface area contributed by atoms with Crippen LogP contribution in [-0.4, -0.2) is 38.9 Å². The highest BCUT2D eigenvalue weighted by Gasteiger charge is 2.42. The molecule has 2 fully saturated rings. The van der Waals surface area contributed by atoms with Gasteiger partial charge in [-0.1, -0.05) is 24.4 Å². The molecule has 3 heterocycles. The van der Waals surface area contributed by atoms with Crippen LogP contribution in [0.2, 0.25) is 0 Å². The van der Waals surface area contributed by atoms with Crippen LogP contribution in [-0.2, 0) is 10.3 Å². The summed E-state index contributed by atoms with van der Waals surface area (Å²) in [6.45, 7) is 3.47. The smallest absolute Gasteiger partial charge is 0.248 e. The first-order valence-corrected chi connectivity index (χ1v) is 10.0. The Kier molecular flexibility index (Phi) is 6.72. The highest BCUT2D eigenvalue weighted by Crippen LogP contribution is 2.32. The maximum absolute atomic E-state index is 13.2. The number of carbonyl (C=O) groups excluding carboxylic acids is 1. The van der Waals surface area contributed by atoms with Crippen molar-refractivity contribution in [1.29, 1.82) is 0 Å². The van der Waals surface area contributed by atoms with Gasteiger partial charge in [-0.15, -0.1) is 12.4 Å². The molecule has 2 aromatic heterocycles. The number of hydrogen-bond acceptors (Lipinski definition) is 6. The van der Waals surface area contributed by atoms with Crippen molar-refractivity contribution >= 4 is 18.3 Å². The molecule has 1 saturated heterocycles. The molecule has 4 rings (SSSR count). The lowest BCUT2D eigenvalue weighted by Gasteiger charge is -2.37. The fourth-order valence-electron chi connectivity index (χ4n) is 4.27. The summed E-state index contributed by atoms with van der Waals surface area (Å²) >= 11 is 0. The van der Waals surface area contributed by atoms with Crippen molar-refractivity contribution in [2.45, 2.75) is 69.4 Å². The van der Waals surface area contributed by atoms with E-state index in [9.17, 15) is 4.79 Å². The van der Waals surface area contributed by atoms with Gasteiger partial charge in [-0.25, -0.2) is 0 Å². The van der Waals surface area contributed by atoms with E-state index in [0.717, 1.165) is 31.8 Å². The SMILES string of the molecule is CC(NC(=O)C1(n2cccn2)CCNCC1)c1nc(C2CCCCC2)no1.Cl. The molecule has 2 aliphatic rings. The lowest BCUT2D eigenvalue weighted by molar-refractivity contribution is -0.132. The number of hydrogen-bond donors (Lipinski definition) is 2. The Morgan fingerprint density at radius 2 is 2.07 bits per heavy atom. The van der Waals surface area contributed by atoms with Gasteiger partial charge in [0.2, 0.25) is 11.8 Å². The predicted molar refractivity (Wildman–Crippen MR) is 106 cm³/mol. The van der Waals surface area contributed by atoms with E-state index < -0.39 is 5.54 Å². The number of halogens is 1. The van der Waals surface area contributed by atoms with E-state index in [2.05, 4.69) is 25.9 Å². The Bertz CT molecular complexity index is 750. The van der Waals surface area contributed by atoms with Gasteiger partial charge in [-0.2, -0.15) is 10.1 Å². The lowest BCUT2D eigenvalue weighted by Crippen LogP contribution is -2.55. The van der Waals surface area contributed by atoms with Crippen molar-refractivity contribution in [3.05, 3.63) is 30.2 Å². The van der Waals surface area contributed by atoms with Gasteiger partial charge in [-0.05, 0) is 51.8 Å². The van der Waals surface area contributed by atoms with Gasteiger partial charge < -0.3 is 15.2 Å². The molecule has 1 saturated carbocycles. The number of rotatable bonds is 5. The van der Waals surface area contributed by atoms with Gasteiger partial charge in [0.15, 0.2) is 5.82 Å². The van der Waals surface area contributed by atoms with Gasteiger partial charge in [0.1, 0.15) is 11.6 Å². The maximum Gasteiger partial charge on any atom is 0.248 e. The molecular formula is C19H29ClN6O2. The zero-order chi connectivity index (χ0) is 18.7. The van der Waals surface area contributed by atoms with E-state index >= 15 is 0 Å². The zero-order valence-electron chi connectivity index (χ0n) is 16.3. The Morgan fingerprint density at radius 1 is 1.32 bits per heavy atom. The molecule has 0 spiro atoms. The van der Waals surface area contributed by atoms with Crippen LogP contribution in [0.25, 0.3) is 0 Å². The van der Waals surface area contributed by atoms with Crippen LogP contribution in [0.1, 0.15) is 75.5 Å². The average molecular weight is 409 g/mol. The second-order valence-electron chi connectivity index (χ2n) is 7.75. The molecule has 0 aromatic carbocycles. The fourth-order valence-corrected chi connectivity index (χ4v) is 4.27. The van der Waals surface area contributed by atoms with Crippen molar-refractivity contribution in [3.8, 4) is 0 Å². The van der Waals surface area contributed by atoms with E-state index in [1.54, 1.807) is 10.9 Å². The highest BCUT2D eigenvalue weighted by molar-refractivity contribution is 5.85. The quantitative estimate of drug-likeness (QED) is 0.789. The summed E-state index contributed by atoms with van der Waals surface area (Å²) in [6, 6.07) is 1.53. The molecule has 8 nitrogen and oxygen atoms in total. The molecule has 1 aliphatic heterocycles. The van der Waals surface area contributed by atoms with Crippen LogP contribution in [0.4, 0.5) is 0 Å². The van der Waals surface area contributed by atoms with E-state index in [-0.39, 0.29) is 24.4 Å². The number of aromatic nitrogens is 4. The minimum Gasteiger partial charge on any atom is -0.342 e. The molecule has 154 valence electrons. The average Bonchev–Trinajstić information content (AvgIpc) is 3.41. The molecule has 1 atom stereocenters. The summed E-state index contributed by atoms with van der Waals surface area (Å²) in [7, 11) is 0. The van der Waals surface area contributed by atoms with Gasteiger partial charge in [0.25, 0.3) is 0 Å². The van der Waals surface area contributed by atoms with Crippen molar-refractivity contribution in [2.75, 3.05) is 13.1 Å². The molecule has 1 aliphatic carbocycles. The standard InChI is InChI=1S/C19H28N6O2.ClH/c1-14(17-23-16(24-27-17)15-6-3-2-4-7-15)22-18(26)19(8-11-20-12-9-19)25-13-5-10-21-25;/h5,10,13-15,20H,2-4,6-9,11-12H2,1H3,(H,22,26);1H. The van der Waals surface area contributed by atoms with Crippen molar-refractivity contribution in [3.63, 3.8) is 0 Å². The summed E-state index contributed by atoms with van der Waals surface area (Å²) in [5, 5.41) is 14.9. The van der Waals surface area contributed by atoms with E-state index in [1.165, 1.54) is 19.3 Å². The second kappa shape index (κ2) is 9.05. The molecule has 0 bridgehead atoms. The molecule has 0 radical (unpaired) electrons. The van der Waals surface area contributed by atoms with Crippen LogP contribution in [0, 0.1) is 0 Å². The van der Waals surface area contributed by atoms with Crippen molar-refractivity contribution in [2.24, 2.45) is 0 Å². The van der Waals surface area contributed by atoms with Gasteiger partial charge >= 0.3 is 0 Å². The number of nitrogens with one attached hydrogen (secondary N) is 2. The predicted octanol–water partition coefficient (Wildman–Crippen LogP) is 2.69. The zero-order valence-corrected chi connectivity index (χ0v) is 17.1. The topological polar surface area (TPSA) is 97.9 Å². The van der Waals surface area contributed by atoms with Gasteiger partial charge in [0, 0.05) is 18.3 Å². The first-order chi connectivity index (χ1) is 13.2. The van der Waals surface area contributed by atoms with Crippen LogP contribution in [0.3, 0.4) is 0 Å². The summed E-state index contributed by atoms with van der Waals surface area (Å²) in [6.07, 6.45) is 11.0. The molecule has 1 unspecified atom stereocenters. The number of amides is 1. The Hall–Kier alpha value is -1.93. The van der Waals surface area contributed by atoms with E-state index in [0.29, 0.717) is 24.7 Å². The van der Waals surface area contributed by atoms with Gasteiger partial charge in [0.05, 0.1) is 0 Å². The fraction of sp³-hybridized carbons (Fsp3) is 0.684. The third-order valence-corrected chi connectivity index (χ3v) is 5.94. The van der Waals surface area contributed by atoms with Crippen LogP contribution >= 0.6 is 12.4 Å². The third-order valence-electron chi connectivity index (χ3n) is 5.94. The second-order valence-corrected chi connectivity index (χ2v) is 7.75. The molecule has 28 heavy (non-hydrogen) atoms. The van der Waals surface area contributed by atoms with Crippen molar-refractivity contribution < 1.29 is 9.32 Å². The maximum atomic E-state index is 13.2. The normalized spacial score (nSPS) is 20.9. The molecule has 2 N–H and O–H groups in total. The Labute approximate surface area is 171 Å². The summed E-state index contributed by atoms with van der Waals surface area (Å²) < 4.78 is 7.27. The minimum atomic E-state index is -0.671. The monoisotopic (exact) mass is 408 g/mol. The van der Waals surface area contributed by atoms with Crippen LogP contribution in [0.5, 0.6) is 0 Å². The van der Waals surface area contributed by atoms with E-state index in [1.807, 2.05) is 19.2 Å². The van der Waals surface area contributed by atoms with Crippen LogP contribution < -0.4 is 10.6 Å². The largest absolute Gasteiger partial charge is 0.342 e. The lowest BCUT2D eigenvalue weighted by atomic mass is 9.87. The number of nitrogens with zero attached hydrogens (tertiary/aromatic N) is 4. The molecule has 9 heteroatoms. The molecular weight excluding hydrogens is 380 g/mol. The molecule has 2 aromatic rings. The highest BCUT2D eigenvalue weighted by atomic mass is 35.5. The Balaban J connectivity index is 0.00000225. The number of piperidine rings is 1. The van der Waals surface area contributed by atoms with Crippen LogP contribution in [0.15, 0.2) is 23.0 Å². The first-order valence-electron chi connectivity index (χ1n) is 10.0. The third kappa shape index (κ3) is 4.07. The Morgan fingerprint density at radius 3 is 2.75 bits per heavy atom. The first kappa shape index (κ1) is 20.8. The molecule has 1 amide bonds. The number of carbonyl (C=O) groups is 1. The summed E-state index contributed by atoms with van der Waals surface area (Å²) in [5.74, 6) is 1.61. The van der Waals surface area contributed by atoms with Crippen molar-refractivity contribution in [1.82, 2.24) is 30.6 Å².